The van der Waals surface area contributed by atoms with Gasteiger partial charge in [-0.3, -0.25) is 9.69 Å². The van der Waals surface area contributed by atoms with Crippen LogP contribution in [0.15, 0.2) is 103 Å². The van der Waals surface area contributed by atoms with Gasteiger partial charge in [-0.15, -0.1) is 0 Å². The third-order valence-corrected chi connectivity index (χ3v) is 9.22. The summed E-state index contributed by atoms with van der Waals surface area (Å²) in [4.78, 5) is 14.7. The van der Waals surface area contributed by atoms with E-state index < -0.39 is 46.8 Å². The number of likely N-dealkylation sites (N-methyl/N-ethyl adjacent to an activating group) is 1. The highest BCUT2D eigenvalue weighted by Gasteiger charge is 2.39. The van der Waals surface area contributed by atoms with Crippen LogP contribution >= 0.6 is 0 Å². The number of aliphatic hydroxyl groups is 1. The molecule has 1 aliphatic rings. The highest BCUT2D eigenvalue weighted by atomic mass is 19.2. The second-order valence-corrected chi connectivity index (χ2v) is 13.0. The van der Waals surface area contributed by atoms with Gasteiger partial charge >= 0.3 is 0 Å². The molecule has 52 heavy (non-hydrogen) atoms. The predicted molar refractivity (Wildman–Crippen MR) is 185 cm³/mol. The second kappa shape index (κ2) is 16.2. The van der Waals surface area contributed by atoms with Crippen molar-refractivity contribution in [1.29, 1.82) is 0 Å². The van der Waals surface area contributed by atoms with Crippen molar-refractivity contribution >= 4 is 5.91 Å². The van der Waals surface area contributed by atoms with Gasteiger partial charge in [0.1, 0.15) is 5.56 Å². The van der Waals surface area contributed by atoms with Crippen LogP contribution in [0, 0.1) is 35.0 Å². The number of amides is 1. The standard InChI is InChI=1S/C41H37F5N2O4/c1-24-32(22-48(2)21-25-8-4-3-5-9-25)51-41(52-39(24)28-16-14-26(23-49)15-17-28)31-13-7-12-30(19-31)29-11-6-10-27(18-29)20-47-40(50)33-34(42)36(44)38(46)37(45)35(33)43/h3-19,24,32,39,41,49H,20-23H2,1-2H3,(H,47,50)/t24-,32+,39+,41+/m1/s1. The summed E-state index contributed by atoms with van der Waals surface area (Å²) in [5.41, 5.74) is 4.21. The molecule has 0 aliphatic carbocycles. The summed E-state index contributed by atoms with van der Waals surface area (Å²) >= 11 is 0. The molecule has 0 saturated carbocycles. The minimum atomic E-state index is -2.34. The molecule has 1 aliphatic heterocycles. The fraction of sp³-hybridized carbons (Fsp3) is 0.244. The summed E-state index contributed by atoms with van der Waals surface area (Å²) in [6.45, 7) is 3.18. The van der Waals surface area contributed by atoms with Gasteiger partial charge < -0.3 is 19.9 Å². The molecular formula is C41H37F5N2O4. The Kier molecular flexibility index (Phi) is 11.5. The number of halogens is 5. The summed E-state index contributed by atoms with van der Waals surface area (Å²) in [6, 6.07) is 32.4. The minimum Gasteiger partial charge on any atom is -0.392 e. The Morgan fingerprint density at radius 3 is 2.00 bits per heavy atom. The molecule has 5 aromatic rings. The van der Waals surface area contributed by atoms with Crippen molar-refractivity contribution in [1.82, 2.24) is 10.2 Å². The van der Waals surface area contributed by atoms with Gasteiger partial charge in [0.15, 0.2) is 29.6 Å². The third kappa shape index (κ3) is 8.08. The van der Waals surface area contributed by atoms with Gasteiger partial charge in [-0.1, -0.05) is 97.9 Å². The number of ether oxygens (including phenoxy) is 2. The Morgan fingerprint density at radius 2 is 1.33 bits per heavy atom. The largest absolute Gasteiger partial charge is 0.392 e. The Bertz CT molecular complexity index is 2000. The molecule has 5 aromatic carbocycles. The first-order valence-electron chi connectivity index (χ1n) is 16.8. The topological polar surface area (TPSA) is 71.0 Å². The van der Waals surface area contributed by atoms with Crippen LogP contribution in [0.25, 0.3) is 11.1 Å². The van der Waals surface area contributed by atoms with Crippen molar-refractivity contribution in [3.8, 4) is 11.1 Å². The van der Waals surface area contributed by atoms with Gasteiger partial charge in [0.2, 0.25) is 5.82 Å². The van der Waals surface area contributed by atoms with E-state index in [1.807, 2.05) is 72.8 Å². The van der Waals surface area contributed by atoms with E-state index in [0.29, 0.717) is 12.1 Å². The lowest BCUT2D eigenvalue weighted by Crippen LogP contribution is -2.43. The van der Waals surface area contributed by atoms with Crippen LogP contribution in [0.1, 0.15) is 57.5 Å². The zero-order chi connectivity index (χ0) is 36.9. The van der Waals surface area contributed by atoms with E-state index in [2.05, 4.69) is 36.3 Å². The zero-order valence-corrected chi connectivity index (χ0v) is 28.5. The maximum Gasteiger partial charge on any atom is 0.257 e. The number of aliphatic hydroxyl groups excluding tert-OH is 1. The van der Waals surface area contributed by atoms with Crippen LogP contribution in [0.2, 0.25) is 0 Å². The van der Waals surface area contributed by atoms with Gasteiger partial charge in [-0.05, 0) is 52.6 Å². The number of nitrogens with one attached hydrogen (secondary N) is 1. The van der Waals surface area contributed by atoms with E-state index in [1.54, 1.807) is 18.2 Å². The molecule has 270 valence electrons. The molecule has 6 nitrogen and oxygen atoms in total. The number of nitrogens with zero attached hydrogens (tertiary/aromatic N) is 1. The number of carbonyl (C=O) groups excluding carboxylic acids is 1. The molecule has 0 aromatic heterocycles. The Morgan fingerprint density at radius 1 is 0.712 bits per heavy atom. The first kappa shape index (κ1) is 36.8. The van der Waals surface area contributed by atoms with Gasteiger partial charge in [-0.25, -0.2) is 22.0 Å². The van der Waals surface area contributed by atoms with Gasteiger partial charge in [0.25, 0.3) is 5.91 Å². The Balaban J connectivity index is 1.22. The zero-order valence-electron chi connectivity index (χ0n) is 28.5. The molecule has 4 atom stereocenters. The Labute approximate surface area is 298 Å². The number of rotatable bonds is 11. The predicted octanol–water partition coefficient (Wildman–Crippen LogP) is 8.39. The highest BCUT2D eigenvalue weighted by molar-refractivity contribution is 5.94. The molecule has 11 heteroatoms. The van der Waals surface area contributed by atoms with Crippen LogP contribution in [0.5, 0.6) is 0 Å². The average molecular weight is 717 g/mol. The van der Waals surface area contributed by atoms with E-state index in [-0.39, 0.29) is 31.3 Å². The maximum absolute atomic E-state index is 14.2. The smallest absolute Gasteiger partial charge is 0.257 e. The van der Waals surface area contributed by atoms with Crippen molar-refractivity contribution in [3.63, 3.8) is 0 Å². The van der Waals surface area contributed by atoms with Gasteiger partial charge in [0, 0.05) is 31.1 Å². The van der Waals surface area contributed by atoms with E-state index >= 15 is 0 Å². The van der Waals surface area contributed by atoms with Crippen molar-refractivity contribution in [2.75, 3.05) is 13.6 Å². The summed E-state index contributed by atoms with van der Waals surface area (Å²) in [5.74, 6) is -12.6. The van der Waals surface area contributed by atoms with E-state index in [9.17, 15) is 31.9 Å². The molecule has 0 spiro atoms. The highest BCUT2D eigenvalue weighted by Crippen LogP contribution is 2.42. The molecule has 2 N–H and O–H groups in total. The lowest BCUT2D eigenvalue weighted by atomic mass is 9.90. The van der Waals surface area contributed by atoms with Crippen LogP contribution in [0.4, 0.5) is 22.0 Å². The molecular weight excluding hydrogens is 679 g/mol. The van der Waals surface area contributed by atoms with E-state index in [1.165, 1.54) is 5.56 Å². The lowest BCUT2D eigenvalue weighted by molar-refractivity contribution is -0.276. The normalized spacial score (nSPS) is 18.8. The van der Waals surface area contributed by atoms with Crippen LogP contribution in [0.3, 0.4) is 0 Å². The van der Waals surface area contributed by atoms with Crippen LogP contribution in [-0.2, 0) is 29.2 Å². The first-order valence-corrected chi connectivity index (χ1v) is 16.8. The molecule has 0 bridgehead atoms. The summed E-state index contributed by atoms with van der Waals surface area (Å²) in [7, 11) is 2.05. The molecule has 1 heterocycles. The Hall–Kier alpha value is -4.94. The van der Waals surface area contributed by atoms with Crippen molar-refractivity contribution < 1.29 is 41.3 Å². The molecule has 6 rings (SSSR count). The second-order valence-electron chi connectivity index (χ2n) is 13.0. The fourth-order valence-corrected chi connectivity index (χ4v) is 6.40. The number of carbonyl (C=O) groups is 1. The summed E-state index contributed by atoms with van der Waals surface area (Å²) in [6.07, 6.45) is -1.24. The molecule has 1 saturated heterocycles. The van der Waals surface area contributed by atoms with Crippen LogP contribution < -0.4 is 5.32 Å². The minimum absolute atomic E-state index is 0.0191. The molecule has 0 radical (unpaired) electrons. The number of hydrogen-bond acceptors (Lipinski definition) is 5. The van der Waals surface area contributed by atoms with Crippen molar-refractivity contribution in [2.45, 2.75) is 45.1 Å². The number of benzene rings is 5. The third-order valence-electron chi connectivity index (χ3n) is 9.22. The van der Waals surface area contributed by atoms with Crippen molar-refractivity contribution in [3.05, 3.63) is 166 Å². The quantitative estimate of drug-likeness (QED) is 0.0817. The van der Waals surface area contributed by atoms with E-state index in [0.717, 1.165) is 34.4 Å². The van der Waals surface area contributed by atoms with E-state index in [4.69, 9.17) is 9.47 Å². The maximum atomic E-state index is 14.2. The number of hydrogen-bond donors (Lipinski definition) is 2. The fourth-order valence-electron chi connectivity index (χ4n) is 6.40. The molecule has 1 fully saturated rings. The van der Waals surface area contributed by atoms with Gasteiger partial charge in [0.05, 0.1) is 18.8 Å². The SMILES string of the molecule is C[C@@H]1[C@H](CN(C)Cc2ccccc2)O[C@H](c2cccc(-c3cccc(CNC(=O)c4c(F)c(F)c(F)c(F)c4F)c3)c2)O[C@@H]1c1ccc(CO)cc1. The molecule has 1 amide bonds. The van der Waals surface area contributed by atoms with Crippen molar-refractivity contribution in [2.24, 2.45) is 5.92 Å². The summed E-state index contributed by atoms with van der Waals surface area (Å²) < 4.78 is 82.5. The monoisotopic (exact) mass is 716 g/mol. The average Bonchev–Trinajstić information content (AvgIpc) is 3.17. The first-order chi connectivity index (χ1) is 25.0. The lowest BCUT2D eigenvalue weighted by Gasteiger charge is -2.42. The summed E-state index contributed by atoms with van der Waals surface area (Å²) in [5, 5.41) is 11.8. The van der Waals surface area contributed by atoms with Gasteiger partial charge in [-0.2, -0.15) is 0 Å². The van der Waals surface area contributed by atoms with Crippen LogP contribution in [-0.4, -0.2) is 35.6 Å². The molecule has 0 unspecified atom stereocenters.